The molecule has 0 spiro atoms. The molecule has 0 saturated heterocycles. The zero-order valence-electron chi connectivity index (χ0n) is 10.2. The molecule has 1 unspecified atom stereocenters. The summed E-state index contributed by atoms with van der Waals surface area (Å²) in [6.45, 7) is 2.85. The second-order valence-corrected chi connectivity index (χ2v) is 5.35. The van der Waals surface area contributed by atoms with Gasteiger partial charge in [0, 0.05) is 11.4 Å². The lowest BCUT2D eigenvalue weighted by Gasteiger charge is -2.06. The molecule has 0 aliphatic carbocycles. The highest BCUT2D eigenvalue weighted by molar-refractivity contribution is 7.99. The lowest BCUT2D eigenvalue weighted by atomic mass is 10.3. The molecule has 0 aromatic carbocycles. The van der Waals surface area contributed by atoms with E-state index in [4.69, 9.17) is 10.3 Å². The number of thioether (sulfide) groups is 1. The standard InChI is InChI=1S/C12H16N4OS/c1-9(5-6-13)18-8-11-15-12(16-17-11)10-4-2-3-7-14-10/h2-4,7,9H,5-6,8,13H2,1H3. The Bertz CT molecular complexity index is 474. The van der Waals surface area contributed by atoms with Gasteiger partial charge in [-0.1, -0.05) is 18.1 Å². The van der Waals surface area contributed by atoms with Crippen molar-refractivity contribution in [2.45, 2.75) is 24.3 Å². The van der Waals surface area contributed by atoms with Gasteiger partial charge >= 0.3 is 0 Å². The van der Waals surface area contributed by atoms with Crippen LogP contribution in [-0.4, -0.2) is 26.9 Å². The van der Waals surface area contributed by atoms with Crippen LogP contribution < -0.4 is 5.73 Å². The van der Waals surface area contributed by atoms with Gasteiger partial charge in [-0.25, -0.2) is 0 Å². The first-order valence-electron chi connectivity index (χ1n) is 5.85. The van der Waals surface area contributed by atoms with Crippen LogP contribution in [0.25, 0.3) is 11.5 Å². The van der Waals surface area contributed by atoms with Gasteiger partial charge in [0.25, 0.3) is 0 Å². The largest absolute Gasteiger partial charge is 0.338 e. The van der Waals surface area contributed by atoms with Crippen molar-refractivity contribution in [1.29, 1.82) is 0 Å². The lowest BCUT2D eigenvalue weighted by molar-refractivity contribution is 0.391. The highest BCUT2D eigenvalue weighted by atomic mass is 32.2. The minimum absolute atomic E-state index is 0.500. The fraction of sp³-hybridized carbons (Fsp3) is 0.417. The quantitative estimate of drug-likeness (QED) is 0.861. The minimum Gasteiger partial charge on any atom is -0.338 e. The van der Waals surface area contributed by atoms with E-state index in [1.165, 1.54) is 0 Å². The van der Waals surface area contributed by atoms with Gasteiger partial charge in [0.2, 0.25) is 11.7 Å². The van der Waals surface area contributed by atoms with Crippen molar-refractivity contribution in [1.82, 2.24) is 15.1 Å². The number of rotatable bonds is 6. The maximum atomic E-state index is 5.51. The van der Waals surface area contributed by atoms with E-state index < -0.39 is 0 Å². The predicted molar refractivity (Wildman–Crippen MR) is 72.0 cm³/mol. The third kappa shape index (κ3) is 3.54. The summed E-state index contributed by atoms with van der Waals surface area (Å²) in [6, 6.07) is 5.62. The van der Waals surface area contributed by atoms with Crippen LogP contribution in [0.2, 0.25) is 0 Å². The van der Waals surface area contributed by atoms with E-state index in [0.717, 1.165) is 12.1 Å². The normalized spacial score (nSPS) is 12.6. The number of aromatic nitrogens is 3. The fourth-order valence-corrected chi connectivity index (χ4v) is 2.29. The molecule has 2 aromatic heterocycles. The second-order valence-electron chi connectivity index (χ2n) is 3.93. The van der Waals surface area contributed by atoms with E-state index in [-0.39, 0.29) is 0 Å². The first-order valence-corrected chi connectivity index (χ1v) is 6.90. The van der Waals surface area contributed by atoms with Crippen molar-refractivity contribution in [3.63, 3.8) is 0 Å². The Labute approximate surface area is 110 Å². The van der Waals surface area contributed by atoms with E-state index in [2.05, 4.69) is 22.0 Å². The van der Waals surface area contributed by atoms with Crippen molar-refractivity contribution in [3.05, 3.63) is 30.3 Å². The molecule has 5 nitrogen and oxygen atoms in total. The van der Waals surface area contributed by atoms with Crippen molar-refractivity contribution in [3.8, 4) is 11.5 Å². The van der Waals surface area contributed by atoms with Gasteiger partial charge in [-0.05, 0) is 25.1 Å². The highest BCUT2D eigenvalue weighted by Crippen LogP contribution is 2.20. The van der Waals surface area contributed by atoms with Gasteiger partial charge in [0.15, 0.2) is 0 Å². The molecular formula is C12H16N4OS. The van der Waals surface area contributed by atoms with Crippen LogP contribution in [0.15, 0.2) is 28.9 Å². The number of nitrogens with two attached hydrogens (primary N) is 1. The SMILES string of the molecule is CC(CCN)SCc1nc(-c2ccccn2)no1. The zero-order valence-corrected chi connectivity index (χ0v) is 11.1. The molecule has 2 N–H and O–H groups in total. The van der Waals surface area contributed by atoms with Crippen LogP contribution >= 0.6 is 11.8 Å². The minimum atomic E-state index is 0.500. The van der Waals surface area contributed by atoms with Gasteiger partial charge < -0.3 is 10.3 Å². The smallest absolute Gasteiger partial charge is 0.237 e. The Hall–Kier alpha value is -1.40. The molecule has 0 radical (unpaired) electrons. The van der Waals surface area contributed by atoms with Crippen molar-refractivity contribution < 1.29 is 4.52 Å². The maximum absolute atomic E-state index is 5.51. The number of nitrogens with zero attached hydrogens (tertiary/aromatic N) is 3. The molecular weight excluding hydrogens is 248 g/mol. The molecule has 0 amide bonds. The molecule has 96 valence electrons. The molecule has 1 atom stereocenters. The molecule has 2 rings (SSSR count). The maximum Gasteiger partial charge on any atom is 0.237 e. The first kappa shape index (κ1) is 13.0. The molecule has 0 bridgehead atoms. The monoisotopic (exact) mass is 264 g/mol. The van der Waals surface area contributed by atoms with Crippen LogP contribution in [0.5, 0.6) is 0 Å². The van der Waals surface area contributed by atoms with Gasteiger partial charge in [-0.3, -0.25) is 4.98 Å². The Morgan fingerprint density at radius 3 is 3.06 bits per heavy atom. The molecule has 0 aliphatic heterocycles. The van der Waals surface area contributed by atoms with Crippen LogP contribution in [-0.2, 0) is 5.75 Å². The Balaban J connectivity index is 1.95. The molecule has 6 heteroatoms. The predicted octanol–water partition coefficient (Wildman–Crippen LogP) is 2.10. The van der Waals surface area contributed by atoms with Crippen molar-refractivity contribution >= 4 is 11.8 Å². The molecule has 2 heterocycles. The molecule has 0 aliphatic rings. The lowest BCUT2D eigenvalue weighted by Crippen LogP contribution is -2.07. The molecule has 18 heavy (non-hydrogen) atoms. The van der Waals surface area contributed by atoms with Gasteiger partial charge in [0.05, 0.1) is 5.75 Å². The van der Waals surface area contributed by atoms with E-state index >= 15 is 0 Å². The highest BCUT2D eigenvalue weighted by Gasteiger charge is 2.10. The van der Waals surface area contributed by atoms with E-state index in [9.17, 15) is 0 Å². The second kappa shape index (κ2) is 6.51. The Kier molecular flexibility index (Phi) is 4.72. The summed E-state index contributed by atoms with van der Waals surface area (Å²) < 4.78 is 5.19. The molecule has 2 aromatic rings. The van der Waals surface area contributed by atoms with Crippen LogP contribution in [0.1, 0.15) is 19.2 Å². The number of pyridine rings is 1. The Morgan fingerprint density at radius 1 is 1.44 bits per heavy atom. The fourth-order valence-electron chi connectivity index (χ4n) is 1.44. The average molecular weight is 264 g/mol. The third-order valence-corrected chi connectivity index (χ3v) is 3.64. The van der Waals surface area contributed by atoms with Gasteiger partial charge in [-0.15, -0.1) is 11.8 Å². The molecule has 0 fully saturated rings. The van der Waals surface area contributed by atoms with E-state index in [1.807, 2.05) is 18.2 Å². The first-order chi connectivity index (χ1) is 8.79. The summed E-state index contributed by atoms with van der Waals surface area (Å²) in [5, 5.41) is 4.42. The zero-order chi connectivity index (χ0) is 12.8. The summed E-state index contributed by atoms with van der Waals surface area (Å²) >= 11 is 1.77. The number of hydrogen-bond donors (Lipinski definition) is 1. The van der Waals surface area contributed by atoms with Gasteiger partial charge in [0.1, 0.15) is 5.69 Å². The van der Waals surface area contributed by atoms with E-state index in [0.29, 0.717) is 29.3 Å². The Morgan fingerprint density at radius 2 is 2.33 bits per heavy atom. The van der Waals surface area contributed by atoms with Gasteiger partial charge in [-0.2, -0.15) is 4.98 Å². The van der Waals surface area contributed by atoms with Crippen LogP contribution in [0, 0.1) is 0 Å². The van der Waals surface area contributed by atoms with Crippen LogP contribution in [0.4, 0.5) is 0 Å². The number of hydrogen-bond acceptors (Lipinski definition) is 6. The van der Waals surface area contributed by atoms with Crippen LogP contribution in [0.3, 0.4) is 0 Å². The molecule has 0 saturated carbocycles. The van der Waals surface area contributed by atoms with Crippen molar-refractivity contribution in [2.24, 2.45) is 5.73 Å². The summed E-state index contributed by atoms with van der Waals surface area (Å²) in [7, 11) is 0. The summed E-state index contributed by atoms with van der Waals surface area (Å²) in [6.07, 6.45) is 2.70. The van der Waals surface area contributed by atoms with Crippen molar-refractivity contribution in [2.75, 3.05) is 6.54 Å². The summed E-state index contributed by atoms with van der Waals surface area (Å²) in [5.41, 5.74) is 6.23. The topological polar surface area (TPSA) is 77.8 Å². The van der Waals surface area contributed by atoms with E-state index in [1.54, 1.807) is 18.0 Å². The average Bonchev–Trinajstić information content (AvgIpc) is 2.87. The third-order valence-electron chi connectivity index (χ3n) is 2.43. The summed E-state index contributed by atoms with van der Waals surface area (Å²) in [4.78, 5) is 8.50. The summed E-state index contributed by atoms with van der Waals surface area (Å²) in [5.74, 6) is 1.88.